The second-order valence-electron chi connectivity index (χ2n) is 4.67. The first-order valence-corrected chi connectivity index (χ1v) is 6.84. The third kappa shape index (κ3) is 5.64. The smallest absolute Gasteiger partial charge is 0.306 e. The van der Waals surface area contributed by atoms with Gasteiger partial charge in [0.05, 0.1) is 0 Å². The summed E-state index contributed by atoms with van der Waals surface area (Å²) in [7, 11) is 0. The van der Waals surface area contributed by atoms with Crippen LogP contribution in [0.1, 0.15) is 43.5 Å². The van der Waals surface area contributed by atoms with E-state index in [9.17, 15) is 14.4 Å². The average Bonchev–Trinajstić information content (AvgIpc) is 2.45. The van der Waals surface area contributed by atoms with E-state index in [1.807, 2.05) is 6.92 Å². The zero-order valence-electron chi connectivity index (χ0n) is 12.2. The van der Waals surface area contributed by atoms with Crippen molar-refractivity contribution in [3.05, 3.63) is 29.8 Å². The van der Waals surface area contributed by atoms with E-state index in [4.69, 9.17) is 10.5 Å². The van der Waals surface area contributed by atoms with Gasteiger partial charge in [0.2, 0.25) is 5.91 Å². The van der Waals surface area contributed by atoms with E-state index in [-0.39, 0.29) is 5.97 Å². The third-order valence-corrected chi connectivity index (χ3v) is 2.85. The molecule has 1 aromatic carbocycles. The summed E-state index contributed by atoms with van der Waals surface area (Å²) in [5.41, 5.74) is 5.98. The number of amides is 2. The lowest BCUT2D eigenvalue weighted by molar-refractivity contribution is -0.153. The van der Waals surface area contributed by atoms with Crippen LogP contribution in [-0.4, -0.2) is 23.9 Å². The van der Waals surface area contributed by atoms with Gasteiger partial charge in [-0.05, 0) is 37.6 Å². The molecule has 0 aliphatic carbocycles. The van der Waals surface area contributed by atoms with Gasteiger partial charge in [-0.3, -0.25) is 14.4 Å². The van der Waals surface area contributed by atoms with Gasteiger partial charge in [-0.15, -0.1) is 0 Å². The fourth-order valence-electron chi connectivity index (χ4n) is 1.59. The largest absolute Gasteiger partial charge is 0.453 e. The van der Waals surface area contributed by atoms with Crippen LogP contribution in [0.3, 0.4) is 0 Å². The molecule has 0 unspecified atom stereocenters. The summed E-state index contributed by atoms with van der Waals surface area (Å²) in [6.45, 7) is 3.48. The Bertz CT molecular complexity index is 511. The molecule has 0 saturated carbocycles. The zero-order chi connectivity index (χ0) is 15.8. The highest BCUT2D eigenvalue weighted by atomic mass is 16.5. The van der Waals surface area contributed by atoms with Crippen molar-refractivity contribution < 1.29 is 19.1 Å². The maximum absolute atomic E-state index is 11.9. The molecule has 0 bridgehead atoms. The Morgan fingerprint density at radius 2 is 1.86 bits per heavy atom. The molecule has 0 aromatic heterocycles. The summed E-state index contributed by atoms with van der Waals surface area (Å²) < 4.78 is 5.02. The lowest BCUT2D eigenvalue weighted by atomic mass is 10.2. The van der Waals surface area contributed by atoms with Crippen molar-refractivity contribution in [1.82, 2.24) is 0 Å². The zero-order valence-corrected chi connectivity index (χ0v) is 12.2. The van der Waals surface area contributed by atoms with Gasteiger partial charge in [0, 0.05) is 17.7 Å². The summed E-state index contributed by atoms with van der Waals surface area (Å²) in [6, 6.07) is 6.14. The van der Waals surface area contributed by atoms with Crippen LogP contribution >= 0.6 is 0 Å². The van der Waals surface area contributed by atoms with Gasteiger partial charge < -0.3 is 15.8 Å². The molecule has 0 spiro atoms. The van der Waals surface area contributed by atoms with Gasteiger partial charge in [0.15, 0.2) is 6.10 Å². The van der Waals surface area contributed by atoms with Crippen LogP contribution in [-0.2, 0) is 14.3 Å². The molecular formula is C15H20N2O4. The highest BCUT2D eigenvalue weighted by Gasteiger charge is 2.17. The van der Waals surface area contributed by atoms with Crippen molar-refractivity contribution in [2.75, 3.05) is 5.32 Å². The third-order valence-electron chi connectivity index (χ3n) is 2.85. The summed E-state index contributed by atoms with van der Waals surface area (Å²) in [5, 5.41) is 2.60. The quantitative estimate of drug-likeness (QED) is 0.749. The summed E-state index contributed by atoms with van der Waals surface area (Å²) >= 11 is 0. The number of nitrogens with two attached hydrogens (primary N) is 1. The summed E-state index contributed by atoms with van der Waals surface area (Å²) in [4.78, 5) is 34.2. The highest BCUT2D eigenvalue weighted by molar-refractivity contribution is 5.96. The number of carbonyl (C=O) groups is 3. The molecule has 0 fully saturated rings. The normalized spacial score (nSPS) is 11.5. The highest BCUT2D eigenvalue weighted by Crippen LogP contribution is 2.10. The van der Waals surface area contributed by atoms with E-state index in [1.165, 1.54) is 19.1 Å². The Morgan fingerprint density at radius 3 is 2.38 bits per heavy atom. The molecule has 0 aliphatic heterocycles. The lowest BCUT2D eigenvalue weighted by Crippen LogP contribution is -2.29. The number of unbranched alkanes of at least 4 members (excludes halogenated alkanes) is 1. The number of nitrogens with one attached hydrogen (secondary N) is 1. The van der Waals surface area contributed by atoms with Crippen LogP contribution in [0, 0.1) is 0 Å². The molecular weight excluding hydrogens is 272 g/mol. The first-order valence-electron chi connectivity index (χ1n) is 6.84. The monoisotopic (exact) mass is 292 g/mol. The van der Waals surface area contributed by atoms with Crippen LogP contribution in [0.25, 0.3) is 0 Å². The van der Waals surface area contributed by atoms with Crippen molar-refractivity contribution in [3.63, 3.8) is 0 Å². The van der Waals surface area contributed by atoms with Gasteiger partial charge in [0.25, 0.3) is 5.91 Å². The molecule has 6 heteroatoms. The minimum atomic E-state index is -0.870. The topological polar surface area (TPSA) is 98.5 Å². The molecule has 3 N–H and O–H groups in total. The molecule has 6 nitrogen and oxygen atoms in total. The number of carbonyl (C=O) groups excluding carboxylic acids is 3. The fraction of sp³-hybridized carbons (Fsp3) is 0.400. The number of hydrogen-bond donors (Lipinski definition) is 2. The minimum Gasteiger partial charge on any atom is -0.453 e. The number of esters is 1. The Kier molecular flexibility index (Phi) is 6.39. The predicted octanol–water partition coefficient (Wildman–Crippen LogP) is 1.85. The second kappa shape index (κ2) is 8.04. The van der Waals surface area contributed by atoms with Crippen LogP contribution in [0.4, 0.5) is 5.69 Å². The van der Waals surface area contributed by atoms with Crippen LogP contribution < -0.4 is 11.1 Å². The molecule has 1 atom stereocenters. The maximum atomic E-state index is 11.9. The Hall–Kier alpha value is -2.37. The molecule has 2 amide bonds. The second-order valence-corrected chi connectivity index (χ2v) is 4.67. The standard InChI is InChI=1S/C15H20N2O4/c1-3-4-5-13(18)21-10(2)15(20)17-12-8-6-11(7-9-12)14(16)19/h6-10H,3-5H2,1-2H3,(H2,16,19)(H,17,20)/t10-/m0/s1. The van der Waals surface area contributed by atoms with Gasteiger partial charge in [-0.1, -0.05) is 13.3 Å². The molecule has 0 radical (unpaired) electrons. The van der Waals surface area contributed by atoms with Crippen LogP contribution in [0.5, 0.6) is 0 Å². The van der Waals surface area contributed by atoms with E-state index >= 15 is 0 Å². The van der Waals surface area contributed by atoms with Crippen molar-refractivity contribution in [1.29, 1.82) is 0 Å². The van der Waals surface area contributed by atoms with E-state index in [0.29, 0.717) is 17.7 Å². The molecule has 114 valence electrons. The average molecular weight is 292 g/mol. The molecule has 1 rings (SSSR count). The number of anilines is 1. The predicted molar refractivity (Wildman–Crippen MR) is 78.7 cm³/mol. The van der Waals surface area contributed by atoms with Crippen molar-refractivity contribution >= 4 is 23.5 Å². The van der Waals surface area contributed by atoms with Crippen molar-refractivity contribution in [2.24, 2.45) is 5.73 Å². The van der Waals surface area contributed by atoms with Gasteiger partial charge in [-0.25, -0.2) is 0 Å². The summed E-state index contributed by atoms with van der Waals surface area (Å²) in [6.07, 6.45) is 1.07. The van der Waals surface area contributed by atoms with E-state index < -0.39 is 17.9 Å². The van der Waals surface area contributed by atoms with E-state index in [0.717, 1.165) is 12.8 Å². The molecule has 0 aliphatic rings. The molecule has 21 heavy (non-hydrogen) atoms. The first-order chi connectivity index (χ1) is 9.93. The van der Waals surface area contributed by atoms with E-state index in [1.54, 1.807) is 12.1 Å². The van der Waals surface area contributed by atoms with Crippen LogP contribution in [0.15, 0.2) is 24.3 Å². The van der Waals surface area contributed by atoms with Crippen LogP contribution in [0.2, 0.25) is 0 Å². The SMILES string of the molecule is CCCCC(=O)O[C@@H](C)C(=O)Nc1ccc(C(N)=O)cc1. The van der Waals surface area contributed by atoms with Crippen molar-refractivity contribution in [2.45, 2.75) is 39.2 Å². The molecule has 0 heterocycles. The van der Waals surface area contributed by atoms with Crippen molar-refractivity contribution in [3.8, 4) is 0 Å². The lowest BCUT2D eigenvalue weighted by Gasteiger charge is -2.13. The number of ether oxygens (including phenoxy) is 1. The molecule has 0 saturated heterocycles. The van der Waals surface area contributed by atoms with E-state index in [2.05, 4.69) is 5.32 Å². The number of benzene rings is 1. The fourth-order valence-corrected chi connectivity index (χ4v) is 1.59. The molecule has 1 aromatic rings. The van der Waals surface area contributed by atoms with Gasteiger partial charge in [-0.2, -0.15) is 0 Å². The first kappa shape index (κ1) is 16.7. The maximum Gasteiger partial charge on any atom is 0.306 e. The number of rotatable bonds is 7. The van der Waals surface area contributed by atoms with Gasteiger partial charge in [0.1, 0.15) is 0 Å². The Morgan fingerprint density at radius 1 is 1.24 bits per heavy atom. The summed E-state index contributed by atoms with van der Waals surface area (Å²) in [5.74, 6) is -1.35. The Labute approximate surface area is 123 Å². The number of hydrogen-bond acceptors (Lipinski definition) is 4. The van der Waals surface area contributed by atoms with Gasteiger partial charge >= 0.3 is 5.97 Å². The minimum absolute atomic E-state index is 0.307. The Balaban J connectivity index is 2.51. The number of primary amides is 1.